The molecule has 0 unspecified atom stereocenters. The molecule has 0 amide bonds. The minimum atomic E-state index is -0.964. The topological polar surface area (TPSA) is 114 Å². The minimum absolute atomic E-state index is 0.126. The average Bonchev–Trinajstić information content (AvgIpc) is 2.78. The molecule has 110 valence electrons. The van der Waals surface area contributed by atoms with Gasteiger partial charge >= 0.3 is 11.7 Å². The molecule has 0 fully saturated rings. The highest BCUT2D eigenvalue weighted by atomic mass is 16.6. The molecule has 0 saturated heterocycles. The molecule has 1 rings (SSSR count). The Morgan fingerprint density at radius 2 is 2.10 bits per heavy atom. The summed E-state index contributed by atoms with van der Waals surface area (Å²) in [5.74, 6) is -1.52. The Kier molecular flexibility index (Phi) is 5.32. The van der Waals surface area contributed by atoms with Gasteiger partial charge in [-0.25, -0.2) is 4.79 Å². The summed E-state index contributed by atoms with van der Waals surface area (Å²) in [7, 11) is 1.08. The van der Waals surface area contributed by atoms with Crippen molar-refractivity contribution >= 4 is 17.4 Å². The SMILES string of the molecule is CCOCCn1nc(C(=O)OC)c([N+](=O)[O-])c1C(C)=O. The monoisotopic (exact) mass is 285 g/mol. The second-order valence-electron chi connectivity index (χ2n) is 3.77. The number of hydrogen-bond donors (Lipinski definition) is 0. The number of carbonyl (C=O) groups is 2. The summed E-state index contributed by atoms with van der Waals surface area (Å²) >= 11 is 0. The second-order valence-corrected chi connectivity index (χ2v) is 3.77. The van der Waals surface area contributed by atoms with Crippen LogP contribution in [0.5, 0.6) is 0 Å². The van der Waals surface area contributed by atoms with E-state index >= 15 is 0 Å². The normalized spacial score (nSPS) is 10.3. The number of ether oxygens (including phenoxy) is 2. The number of hydrogen-bond acceptors (Lipinski definition) is 7. The van der Waals surface area contributed by atoms with E-state index in [1.165, 1.54) is 6.92 Å². The molecule has 0 aliphatic heterocycles. The maximum atomic E-state index is 11.6. The van der Waals surface area contributed by atoms with Crippen LogP contribution in [0, 0.1) is 10.1 Å². The van der Waals surface area contributed by atoms with Gasteiger partial charge in [-0.05, 0) is 6.92 Å². The molecule has 1 aromatic rings. The van der Waals surface area contributed by atoms with Crippen LogP contribution in [0.3, 0.4) is 0 Å². The fourth-order valence-electron chi connectivity index (χ4n) is 1.67. The third-order valence-corrected chi connectivity index (χ3v) is 2.47. The number of methoxy groups -OCH3 is 1. The summed E-state index contributed by atoms with van der Waals surface area (Å²) in [6.45, 7) is 3.76. The summed E-state index contributed by atoms with van der Waals surface area (Å²) in [5.41, 5.74) is -1.37. The number of nitro groups is 1. The fourth-order valence-corrected chi connectivity index (χ4v) is 1.67. The van der Waals surface area contributed by atoms with Gasteiger partial charge in [0.1, 0.15) is 0 Å². The fraction of sp³-hybridized carbons (Fsp3) is 0.545. The predicted octanol–water partition coefficient (Wildman–Crippen LogP) is 0.817. The number of esters is 1. The molecule has 0 atom stereocenters. The lowest BCUT2D eigenvalue weighted by Gasteiger charge is -2.04. The number of nitrogens with zero attached hydrogens (tertiary/aromatic N) is 3. The maximum Gasteiger partial charge on any atom is 0.365 e. The van der Waals surface area contributed by atoms with E-state index in [9.17, 15) is 19.7 Å². The van der Waals surface area contributed by atoms with Gasteiger partial charge in [0.2, 0.25) is 5.69 Å². The third-order valence-electron chi connectivity index (χ3n) is 2.47. The first kappa shape index (κ1) is 15.8. The lowest BCUT2D eigenvalue weighted by Crippen LogP contribution is -2.13. The summed E-state index contributed by atoms with van der Waals surface area (Å²) in [4.78, 5) is 33.4. The molecule has 0 N–H and O–H groups in total. The molecule has 0 spiro atoms. The van der Waals surface area contributed by atoms with Crippen molar-refractivity contribution in [3.63, 3.8) is 0 Å². The van der Waals surface area contributed by atoms with Crippen LogP contribution in [0.25, 0.3) is 0 Å². The van der Waals surface area contributed by atoms with Gasteiger partial charge in [0.25, 0.3) is 0 Å². The van der Waals surface area contributed by atoms with Gasteiger partial charge in [0.05, 0.1) is 25.2 Å². The zero-order valence-corrected chi connectivity index (χ0v) is 11.4. The maximum absolute atomic E-state index is 11.6. The Hall–Kier alpha value is -2.29. The van der Waals surface area contributed by atoms with Crippen molar-refractivity contribution in [2.24, 2.45) is 0 Å². The minimum Gasteiger partial charge on any atom is -0.464 e. The molecule has 0 saturated carbocycles. The van der Waals surface area contributed by atoms with Crippen molar-refractivity contribution in [2.75, 3.05) is 20.3 Å². The van der Waals surface area contributed by atoms with Crippen LogP contribution < -0.4 is 0 Å². The highest BCUT2D eigenvalue weighted by Gasteiger charge is 2.34. The van der Waals surface area contributed by atoms with E-state index in [2.05, 4.69) is 9.84 Å². The molecule has 20 heavy (non-hydrogen) atoms. The number of carbonyl (C=O) groups excluding carboxylic acids is 2. The highest BCUT2D eigenvalue weighted by Crippen LogP contribution is 2.24. The van der Waals surface area contributed by atoms with Gasteiger partial charge in [-0.3, -0.25) is 19.6 Å². The van der Waals surface area contributed by atoms with Gasteiger partial charge in [0.15, 0.2) is 11.5 Å². The first-order chi connectivity index (χ1) is 9.43. The Morgan fingerprint density at radius 1 is 1.45 bits per heavy atom. The first-order valence-electron chi connectivity index (χ1n) is 5.86. The molecule has 1 heterocycles. The van der Waals surface area contributed by atoms with Gasteiger partial charge in [-0.2, -0.15) is 5.10 Å². The molecule has 0 radical (unpaired) electrons. The molecule has 9 nitrogen and oxygen atoms in total. The van der Waals surface area contributed by atoms with Gasteiger partial charge in [0, 0.05) is 13.5 Å². The molecular weight excluding hydrogens is 270 g/mol. The number of aromatic nitrogens is 2. The Bertz CT molecular complexity index is 537. The van der Waals surface area contributed by atoms with Crippen molar-refractivity contribution in [1.29, 1.82) is 0 Å². The Balaban J connectivity index is 3.33. The molecule has 1 aromatic heterocycles. The lowest BCUT2D eigenvalue weighted by molar-refractivity contribution is -0.385. The number of ketones is 1. The van der Waals surface area contributed by atoms with Gasteiger partial charge in [-0.15, -0.1) is 0 Å². The number of rotatable bonds is 7. The number of Topliss-reactive ketones (excluding diaryl/α,β-unsaturated/α-hetero) is 1. The quantitative estimate of drug-likeness (QED) is 0.239. The summed E-state index contributed by atoms with van der Waals surface area (Å²) in [5, 5.41) is 14.9. The van der Waals surface area contributed by atoms with Crippen LogP contribution in [-0.2, 0) is 16.0 Å². The van der Waals surface area contributed by atoms with Crippen LogP contribution in [0.15, 0.2) is 0 Å². The molecule has 0 bridgehead atoms. The van der Waals surface area contributed by atoms with Crippen molar-refractivity contribution in [1.82, 2.24) is 9.78 Å². The van der Waals surface area contributed by atoms with Crippen molar-refractivity contribution in [3.05, 3.63) is 21.5 Å². The standard InChI is InChI=1S/C11H15N3O6/c1-4-20-6-5-13-9(7(2)15)10(14(17)18)8(12-13)11(16)19-3/h4-6H2,1-3H3. The third kappa shape index (κ3) is 3.18. The van der Waals surface area contributed by atoms with Gasteiger partial charge in [-0.1, -0.05) is 0 Å². The van der Waals surface area contributed by atoms with E-state index in [1.807, 2.05) is 0 Å². The van der Waals surface area contributed by atoms with Crippen molar-refractivity contribution in [2.45, 2.75) is 20.4 Å². The van der Waals surface area contributed by atoms with E-state index in [-0.39, 0.29) is 18.8 Å². The molecule has 0 aliphatic rings. The largest absolute Gasteiger partial charge is 0.464 e. The van der Waals surface area contributed by atoms with Crippen molar-refractivity contribution < 1.29 is 24.0 Å². The zero-order valence-electron chi connectivity index (χ0n) is 11.4. The van der Waals surface area contributed by atoms with E-state index in [0.29, 0.717) is 6.61 Å². The molecule has 0 aliphatic carbocycles. The van der Waals surface area contributed by atoms with Crippen molar-refractivity contribution in [3.8, 4) is 0 Å². The highest BCUT2D eigenvalue weighted by molar-refractivity contribution is 6.02. The Morgan fingerprint density at radius 3 is 2.55 bits per heavy atom. The summed E-state index contributed by atoms with van der Waals surface area (Å²) in [6, 6.07) is 0. The predicted molar refractivity (Wildman–Crippen MR) is 66.7 cm³/mol. The lowest BCUT2D eigenvalue weighted by atomic mass is 10.2. The smallest absolute Gasteiger partial charge is 0.365 e. The van der Waals surface area contributed by atoms with Crippen LogP contribution in [0.1, 0.15) is 34.8 Å². The van der Waals surface area contributed by atoms with E-state index < -0.39 is 28.1 Å². The molecule has 9 heteroatoms. The summed E-state index contributed by atoms with van der Waals surface area (Å²) < 4.78 is 10.6. The molecule has 0 aromatic carbocycles. The second kappa shape index (κ2) is 6.75. The Labute approximate surface area is 114 Å². The summed E-state index contributed by atoms with van der Waals surface area (Å²) in [6.07, 6.45) is 0. The van der Waals surface area contributed by atoms with Crippen LogP contribution in [0.4, 0.5) is 5.69 Å². The van der Waals surface area contributed by atoms with Crippen LogP contribution in [-0.4, -0.2) is 46.8 Å². The van der Waals surface area contributed by atoms with E-state index in [0.717, 1.165) is 11.8 Å². The van der Waals surface area contributed by atoms with E-state index in [4.69, 9.17) is 4.74 Å². The van der Waals surface area contributed by atoms with Crippen LogP contribution in [0.2, 0.25) is 0 Å². The zero-order chi connectivity index (χ0) is 15.3. The van der Waals surface area contributed by atoms with Crippen LogP contribution >= 0.6 is 0 Å². The molecular formula is C11H15N3O6. The first-order valence-corrected chi connectivity index (χ1v) is 5.86. The van der Waals surface area contributed by atoms with E-state index in [1.54, 1.807) is 6.92 Å². The van der Waals surface area contributed by atoms with Gasteiger partial charge < -0.3 is 9.47 Å². The average molecular weight is 285 g/mol.